The predicted octanol–water partition coefficient (Wildman–Crippen LogP) is 4.50. The van der Waals surface area contributed by atoms with Crippen molar-refractivity contribution in [2.45, 2.75) is 25.4 Å². The lowest BCUT2D eigenvalue weighted by Gasteiger charge is -2.13. The fourth-order valence-electron chi connectivity index (χ4n) is 3.13. The molecule has 0 spiro atoms. The Balaban J connectivity index is 1.73. The van der Waals surface area contributed by atoms with Gasteiger partial charge in [0, 0.05) is 22.6 Å². The third kappa shape index (κ3) is 3.32. The summed E-state index contributed by atoms with van der Waals surface area (Å²) in [4.78, 5) is 12.9. The lowest BCUT2D eigenvalue weighted by molar-refractivity contribution is 0.102. The Kier molecular flexibility index (Phi) is 4.66. The van der Waals surface area contributed by atoms with Crippen molar-refractivity contribution in [1.29, 1.82) is 0 Å². The van der Waals surface area contributed by atoms with Crippen LogP contribution in [0, 0.1) is 13.8 Å². The molecule has 0 unspecified atom stereocenters. The zero-order valence-electron chi connectivity index (χ0n) is 15.6. The molecular formula is C21H21N3O2S. The molecule has 27 heavy (non-hydrogen) atoms. The minimum atomic E-state index is -0.168. The number of nitrogens with one attached hydrogen (secondary N) is 1. The molecule has 1 amide bonds. The zero-order chi connectivity index (χ0) is 19.0. The zero-order valence-corrected chi connectivity index (χ0v) is 16.4. The number of amides is 1. The molecular weight excluding hydrogens is 358 g/mol. The molecule has 2 heterocycles. The molecule has 4 rings (SSSR count). The van der Waals surface area contributed by atoms with Crippen LogP contribution >= 0.6 is 11.8 Å². The van der Waals surface area contributed by atoms with Gasteiger partial charge in [-0.3, -0.25) is 4.79 Å². The average molecular weight is 379 g/mol. The highest BCUT2D eigenvalue weighted by molar-refractivity contribution is 7.98. The summed E-state index contributed by atoms with van der Waals surface area (Å²) in [6.07, 6.45) is 0. The standard InChI is InChI=1S/C21H21N3O2S/c1-13-7-8-16(9-14(13)2)24-20(18-11-27-12-19(18)23-24)22-21(25)15-5-4-6-17(10-15)26-3/h4-10H,11-12H2,1-3H3,(H,22,25). The maximum Gasteiger partial charge on any atom is 0.256 e. The van der Waals surface area contributed by atoms with Gasteiger partial charge in [-0.25, -0.2) is 4.68 Å². The van der Waals surface area contributed by atoms with Crippen molar-refractivity contribution in [3.8, 4) is 11.4 Å². The number of methoxy groups -OCH3 is 1. The van der Waals surface area contributed by atoms with E-state index in [1.807, 2.05) is 34.6 Å². The van der Waals surface area contributed by atoms with Crippen molar-refractivity contribution in [2.24, 2.45) is 0 Å². The first-order valence-electron chi connectivity index (χ1n) is 8.78. The minimum absolute atomic E-state index is 0.168. The summed E-state index contributed by atoms with van der Waals surface area (Å²) < 4.78 is 7.09. The number of aryl methyl sites for hydroxylation is 2. The largest absolute Gasteiger partial charge is 0.497 e. The number of aromatic nitrogens is 2. The normalized spacial score (nSPS) is 12.7. The summed E-state index contributed by atoms with van der Waals surface area (Å²) >= 11 is 1.82. The number of hydrogen-bond acceptors (Lipinski definition) is 4. The summed E-state index contributed by atoms with van der Waals surface area (Å²) in [6.45, 7) is 4.17. The third-order valence-corrected chi connectivity index (χ3v) is 5.82. The Morgan fingerprint density at radius 2 is 2.00 bits per heavy atom. The van der Waals surface area contributed by atoms with E-state index in [4.69, 9.17) is 9.84 Å². The molecule has 2 aromatic carbocycles. The van der Waals surface area contributed by atoms with Crippen LogP contribution in [0.15, 0.2) is 42.5 Å². The first kappa shape index (κ1) is 17.7. The SMILES string of the molecule is COc1cccc(C(=O)Nc2c3c(nn2-c2ccc(C)c(C)c2)CSC3)c1. The van der Waals surface area contributed by atoms with Crippen molar-refractivity contribution in [3.05, 3.63) is 70.4 Å². The summed E-state index contributed by atoms with van der Waals surface area (Å²) in [6, 6.07) is 13.4. The third-order valence-electron chi connectivity index (χ3n) is 4.85. The van der Waals surface area contributed by atoms with E-state index < -0.39 is 0 Å². The van der Waals surface area contributed by atoms with E-state index in [1.54, 1.807) is 19.2 Å². The quantitative estimate of drug-likeness (QED) is 0.725. The Morgan fingerprint density at radius 1 is 1.15 bits per heavy atom. The smallest absolute Gasteiger partial charge is 0.256 e. The number of carbonyl (C=O) groups is 1. The van der Waals surface area contributed by atoms with Crippen molar-refractivity contribution in [1.82, 2.24) is 9.78 Å². The molecule has 138 valence electrons. The molecule has 0 aliphatic carbocycles. The molecule has 0 radical (unpaired) electrons. The van der Waals surface area contributed by atoms with Gasteiger partial charge in [0.05, 0.1) is 18.5 Å². The van der Waals surface area contributed by atoms with Crippen LogP contribution in [0.2, 0.25) is 0 Å². The molecule has 1 N–H and O–H groups in total. The van der Waals surface area contributed by atoms with Gasteiger partial charge in [-0.2, -0.15) is 16.9 Å². The van der Waals surface area contributed by atoms with Crippen molar-refractivity contribution in [3.63, 3.8) is 0 Å². The molecule has 6 heteroatoms. The minimum Gasteiger partial charge on any atom is -0.497 e. The summed E-state index contributed by atoms with van der Waals surface area (Å²) in [5.41, 5.74) is 6.09. The Morgan fingerprint density at radius 3 is 2.78 bits per heavy atom. The number of rotatable bonds is 4. The molecule has 5 nitrogen and oxygen atoms in total. The van der Waals surface area contributed by atoms with Crippen LogP contribution in [0.25, 0.3) is 5.69 Å². The van der Waals surface area contributed by atoms with E-state index in [-0.39, 0.29) is 5.91 Å². The second-order valence-electron chi connectivity index (χ2n) is 6.63. The Labute approximate surface area is 162 Å². The van der Waals surface area contributed by atoms with Gasteiger partial charge in [-0.15, -0.1) is 0 Å². The van der Waals surface area contributed by atoms with Crippen LogP contribution in [-0.4, -0.2) is 22.8 Å². The molecule has 0 atom stereocenters. The van der Waals surface area contributed by atoms with Crippen LogP contribution < -0.4 is 10.1 Å². The Bertz CT molecular complexity index is 1030. The number of carbonyl (C=O) groups excluding carboxylic acids is 1. The van der Waals surface area contributed by atoms with E-state index in [0.717, 1.165) is 34.3 Å². The van der Waals surface area contributed by atoms with Crippen molar-refractivity contribution < 1.29 is 9.53 Å². The molecule has 3 aromatic rings. The first-order chi connectivity index (χ1) is 13.1. The molecule has 1 aliphatic heterocycles. The van der Waals surface area contributed by atoms with Crippen LogP contribution in [0.5, 0.6) is 5.75 Å². The first-order valence-corrected chi connectivity index (χ1v) is 9.94. The van der Waals surface area contributed by atoms with E-state index in [9.17, 15) is 4.79 Å². The van der Waals surface area contributed by atoms with Gasteiger partial charge in [0.25, 0.3) is 5.91 Å². The molecule has 1 aliphatic rings. The van der Waals surface area contributed by atoms with E-state index >= 15 is 0 Å². The fraction of sp³-hybridized carbons (Fsp3) is 0.238. The molecule has 0 bridgehead atoms. The van der Waals surface area contributed by atoms with E-state index in [2.05, 4.69) is 31.3 Å². The highest BCUT2D eigenvalue weighted by Crippen LogP contribution is 2.36. The van der Waals surface area contributed by atoms with E-state index in [0.29, 0.717) is 11.3 Å². The van der Waals surface area contributed by atoms with Gasteiger partial charge in [0.2, 0.25) is 0 Å². The maximum atomic E-state index is 12.9. The summed E-state index contributed by atoms with van der Waals surface area (Å²) in [7, 11) is 1.59. The van der Waals surface area contributed by atoms with Gasteiger partial charge in [-0.05, 0) is 55.3 Å². The number of fused-ring (bicyclic) bond motifs is 1. The van der Waals surface area contributed by atoms with Gasteiger partial charge in [-0.1, -0.05) is 12.1 Å². The number of anilines is 1. The number of hydrogen-bond donors (Lipinski definition) is 1. The van der Waals surface area contributed by atoms with Gasteiger partial charge < -0.3 is 10.1 Å². The average Bonchev–Trinajstić information content (AvgIpc) is 3.26. The second-order valence-corrected chi connectivity index (χ2v) is 7.62. The molecule has 1 aromatic heterocycles. The lowest BCUT2D eigenvalue weighted by Crippen LogP contribution is -2.16. The molecule has 0 saturated heterocycles. The highest BCUT2D eigenvalue weighted by atomic mass is 32.2. The molecule has 0 fully saturated rings. The van der Waals surface area contributed by atoms with Gasteiger partial charge in [0.15, 0.2) is 0 Å². The summed E-state index contributed by atoms with van der Waals surface area (Å²) in [5.74, 6) is 2.97. The topological polar surface area (TPSA) is 56.1 Å². The number of benzene rings is 2. The fourth-order valence-corrected chi connectivity index (χ4v) is 4.16. The monoisotopic (exact) mass is 379 g/mol. The van der Waals surface area contributed by atoms with Crippen LogP contribution in [0.4, 0.5) is 5.82 Å². The highest BCUT2D eigenvalue weighted by Gasteiger charge is 2.25. The van der Waals surface area contributed by atoms with Crippen LogP contribution in [0.3, 0.4) is 0 Å². The Hall–Kier alpha value is -2.73. The lowest BCUT2D eigenvalue weighted by atomic mass is 10.1. The second kappa shape index (κ2) is 7.12. The number of nitrogens with zero attached hydrogens (tertiary/aromatic N) is 2. The van der Waals surface area contributed by atoms with Crippen molar-refractivity contribution >= 4 is 23.5 Å². The van der Waals surface area contributed by atoms with Crippen molar-refractivity contribution in [2.75, 3.05) is 12.4 Å². The van der Waals surface area contributed by atoms with Crippen LogP contribution in [-0.2, 0) is 11.5 Å². The van der Waals surface area contributed by atoms with E-state index in [1.165, 1.54) is 11.1 Å². The molecule has 0 saturated carbocycles. The maximum absolute atomic E-state index is 12.9. The van der Waals surface area contributed by atoms with Gasteiger partial charge >= 0.3 is 0 Å². The predicted molar refractivity (Wildman–Crippen MR) is 109 cm³/mol. The van der Waals surface area contributed by atoms with Crippen LogP contribution in [0.1, 0.15) is 32.7 Å². The summed E-state index contributed by atoms with van der Waals surface area (Å²) in [5, 5.41) is 7.85. The van der Waals surface area contributed by atoms with Gasteiger partial charge in [0.1, 0.15) is 11.6 Å². The number of ether oxygens (including phenoxy) is 1. The number of thioether (sulfide) groups is 1.